The van der Waals surface area contributed by atoms with Gasteiger partial charge in [-0.15, -0.1) is 0 Å². The molecule has 0 aromatic heterocycles. The molecule has 7 nitrogen and oxygen atoms in total. The van der Waals surface area contributed by atoms with Gasteiger partial charge in [0.25, 0.3) is 0 Å². The van der Waals surface area contributed by atoms with Crippen molar-refractivity contribution >= 4 is 85.2 Å². The van der Waals surface area contributed by atoms with E-state index < -0.39 is 36.5 Å². The summed E-state index contributed by atoms with van der Waals surface area (Å²) in [5.74, 6) is -4.14. The Morgan fingerprint density at radius 2 is 1.69 bits per heavy atom. The zero-order valence-corrected chi connectivity index (χ0v) is 7.34. The van der Waals surface area contributed by atoms with Crippen LogP contribution in [0.2, 0.25) is 0 Å². The fraction of sp³-hybridized carbons (Fsp3) is 0.571. The van der Waals surface area contributed by atoms with Crippen molar-refractivity contribution in [3.8, 4) is 0 Å². The molecule has 0 aliphatic heterocycles. The number of aliphatic hydroxyl groups excluding tert-OH is 1. The predicted molar refractivity (Wildman–Crippen MR) is 57.1 cm³/mol. The Balaban J connectivity index is -0.000000845. The molecule has 0 fully saturated rings. The molecule has 0 aliphatic carbocycles. The number of carbonyl (C=O) groups is 3. The molecule has 2 atom stereocenters. The molecule has 0 saturated carbocycles. The second-order valence-electron chi connectivity index (χ2n) is 2.54. The Kier molecular flexibility index (Phi) is 14.7. The van der Waals surface area contributed by atoms with E-state index in [9.17, 15) is 14.4 Å². The van der Waals surface area contributed by atoms with E-state index in [1.54, 1.807) is 0 Å². The molecule has 0 aliphatic rings. The molecule has 0 heterocycles. The van der Waals surface area contributed by atoms with Crippen LogP contribution in [-0.2, 0) is 19.1 Å². The molecule has 0 aromatic carbocycles. The monoisotopic (exact) mass is 272 g/mol. The first-order valence-electron chi connectivity index (χ1n) is 3.67. The maximum atomic E-state index is 10.7. The van der Waals surface area contributed by atoms with Gasteiger partial charge in [-0.3, -0.25) is 4.79 Å². The third-order valence-corrected chi connectivity index (χ3v) is 1.23. The molecule has 0 saturated heterocycles. The van der Waals surface area contributed by atoms with Crippen LogP contribution in [0.5, 0.6) is 0 Å². The van der Waals surface area contributed by atoms with Gasteiger partial charge in [-0.25, -0.2) is 9.59 Å². The average Bonchev–Trinajstić information content (AvgIpc) is 2.01. The number of rotatable bonds is 5. The van der Waals surface area contributed by atoms with Crippen LogP contribution in [0.15, 0.2) is 0 Å². The summed E-state index contributed by atoms with van der Waals surface area (Å²) in [6.45, 7) is 1.09. The van der Waals surface area contributed by atoms with E-state index in [0.717, 1.165) is 6.92 Å². The number of esters is 1. The zero-order valence-electron chi connectivity index (χ0n) is 7.34. The van der Waals surface area contributed by atoms with E-state index in [-0.39, 0.29) is 67.3 Å². The van der Waals surface area contributed by atoms with Crippen molar-refractivity contribution in [1.29, 1.82) is 0 Å². The van der Waals surface area contributed by atoms with Gasteiger partial charge in [0.15, 0.2) is 0 Å². The molecule has 0 spiro atoms. The van der Waals surface area contributed by atoms with E-state index >= 15 is 0 Å². The summed E-state index contributed by atoms with van der Waals surface area (Å²) in [7, 11) is 0. The van der Waals surface area contributed by atoms with Crippen molar-refractivity contribution in [3.63, 3.8) is 0 Å². The van der Waals surface area contributed by atoms with Crippen LogP contribution in [0.25, 0.3) is 0 Å². The molecule has 86 valence electrons. The number of hydrogen-bond donors (Lipinski definition) is 3. The standard InChI is InChI=1S/C7H10O7.Ca.Na.3H/c1-3(8)7(13)14-4(6(11)12)2-5(9)10;;;;;/h3-4,8H,2H2,1H3,(H,9,10)(H,11,12);;;;;. The average molecular weight is 272 g/mol. The summed E-state index contributed by atoms with van der Waals surface area (Å²) < 4.78 is 4.21. The van der Waals surface area contributed by atoms with Gasteiger partial charge >= 0.3 is 85.2 Å². The van der Waals surface area contributed by atoms with E-state index in [1.807, 2.05) is 0 Å². The first-order valence-corrected chi connectivity index (χ1v) is 3.67. The summed E-state index contributed by atoms with van der Waals surface area (Å²) in [6, 6.07) is 0. The van der Waals surface area contributed by atoms with Crippen molar-refractivity contribution in [2.75, 3.05) is 0 Å². The number of carbonyl (C=O) groups excluding carboxylic acids is 1. The fourth-order valence-electron chi connectivity index (χ4n) is 0.577. The predicted octanol–water partition coefficient (Wildman–Crippen LogP) is -2.73. The fourth-order valence-corrected chi connectivity index (χ4v) is 0.577. The first-order chi connectivity index (χ1) is 6.34. The van der Waals surface area contributed by atoms with Crippen molar-refractivity contribution in [2.45, 2.75) is 25.6 Å². The molecule has 0 radical (unpaired) electrons. The van der Waals surface area contributed by atoms with E-state index in [0.29, 0.717) is 0 Å². The number of hydrogen-bond acceptors (Lipinski definition) is 5. The quantitative estimate of drug-likeness (QED) is 0.367. The van der Waals surface area contributed by atoms with E-state index in [1.165, 1.54) is 0 Å². The molecular weight excluding hydrogens is 259 g/mol. The van der Waals surface area contributed by atoms with Crippen molar-refractivity contribution in [3.05, 3.63) is 0 Å². The zero-order chi connectivity index (χ0) is 11.3. The third-order valence-electron chi connectivity index (χ3n) is 1.23. The van der Waals surface area contributed by atoms with Crippen molar-refractivity contribution in [1.82, 2.24) is 0 Å². The van der Waals surface area contributed by atoms with Crippen LogP contribution in [-0.4, -0.2) is 113 Å². The van der Waals surface area contributed by atoms with Crippen molar-refractivity contribution < 1.29 is 34.4 Å². The number of ether oxygens (including phenoxy) is 1. The van der Waals surface area contributed by atoms with Crippen molar-refractivity contribution in [2.24, 2.45) is 0 Å². The van der Waals surface area contributed by atoms with Gasteiger partial charge in [0.05, 0.1) is 6.42 Å². The number of carboxylic acids is 2. The minimum absolute atomic E-state index is 0. The summed E-state index contributed by atoms with van der Waals surface area (Å²) >= 11 is 0. The Bertz CT molecular complexity index is 255. The van der Waals surface area contributed by atoms with Crippen LogP contribution < -0.4 is 0 Å². The second-order valence-corrected chi connectivity index (χ2v) is 2.54. The van der Waals surface area contributed by atoms with Gasteiger partial charge in [-0.05, 0) is 6.92 Å². The maximum absolute atomic E-state index is 10.7. The Labute approximate surface area is 143 Å². The van der Waals surface area contributed by atoms with Gasteiger partial charge in [0.1, 0.15) is 6.10 Å². The van der Waals surface area contributed by atoms with E-state index in [2.05, 4.69) is 4.74 Å². The normalized spacial score (nSPS) is 12.4. The first kappa shape index (κ1) is 21.9. The van der Waals surface area contributed by atoms with Crippen LogP contribution in [0, 0.1) is 0 Å². The minimum atomic E-state index is -1.77. The molecule has 2 unspecified atom stereocenters. The molecule has 0 amide bonds. The molecule has 0 bridgehead atoms. The molecular formula is C7H13CaNaO7. The van der Waals surface area contributed by atoms with Crippen LogP contribution >= 0.6 is 0 Å². The molecule has 0 aromatic rings. The summed E-state index contributed by atoms with van der Waals surface area (Å²) in [5.41, 5.74) is 0. The number of aliphatic hydroxyl groups is 1. The summed E-state index contributed by atoms with van der Waals surface area (Å²) in [6.07, 6.45) is -4.09. The SMILES string of the molecule is CC(O)C(=O)OC(CC(=O)O)C(=O)O.[CaH2].[NaH]. The number of carboxylic acid groups (broad SMARTS) is 2. The molecule has 16 heavy (non-hydrogen) atoms. The Morgan fingerprint density at radius 1 is 1.25 bits per heavy atom. The van der Waals surface area contributed by atoms with Crippen LogP contribution in [0.1, 0.15) is 13.3 Å². The van der Waals surface area contributed by atoms with Gasteiger partial charge in [-0.1, -0.05) is 0 Å². The summed E-state index contributed by atoms with van der Waals surface area (Å²) in [5, 5.41) is 25.4. The topological polar surface area (TPSA) is 121 Å². The Hall–Kier alpha value is 0.630. The number of aliphatic carboxylic acids is 2. The third kappa shape index (κ3) is 9.83. The van der Waals surface area contributed by atoms with Gasteiger partial charge in [0.2, 0.25) is 6.10 Å². The van der Waals surface area contributed by atoms with Gasteiger partial charge in [0, 0.05) is 0 Å². The van der Waals surface area contributed by atoms with Crippen LogP contribution in [0.4, 0.5) is 0 Å². The van der Waals surface area contributed by atoms with E-state index in [4.69, 9.17) is 15.3 Å². The Morgan fingerprint density at radius 3 is 1.94 bits per heavy atom. The second kappa shape index (κ2) is 10.8. The molecule has 0 rings (SSSR count). The van der Waals surface area contributed by atoms with Gasteiger partial charge < -0.3 is 20.1 Å². The van der Waals surface area contributed by atoms with Gasteiger partial charge in [-0.2, -0.15) is 0 Å². The summed E-state index contributed by atoms with van der Waals surface area (Å²) in [4.78, 5) is 31.2. The molecule has 3 N–H and O–H groups in total. The van der Waals surface area contributed by atoms with Crippen LogP contribution in [0.3, 0.4) is 0 Å². The molecule has 9 heteroatoms.